The molecule has 0 atom stereocenters. The fourth-order valence-corrected chi connectivity index (χ4v) is 0. The van der Waals surface area contributed by atoms with Crippen molar-refractivity contribution in [2.75, 3.05) is 0 Å². The van der Waals surface area contributed by atoms with Gasteiger partial charge < -0.3 is 9.37 Å². The summed E-state index contributed by atoms with van der Waals surface area (Å²) in [5.74, 6) is 0. The zero-order chi connectivity index (χ0) is 4.28. The van der Waals surface area contributed by atoms with Crippen LogP contribution in [0.5, 0.6) is 0 Å². The smallest absolute Gasteiger partial charge is 0.510 e. The SMILES string of the molecule is O=[Si](O)OO.[Mn]. The van der Waals surface area contributed by atoms with Crippen molar-refractivity contribution in [1.82, 2.24) is 0 Å². The first kappa shape index (κ1) is 9.44. The van der Waals surface area contributed by atoms with Gasteiger partial charge in [0.1, 0.15) is 0 Å². The molecule has 0 aromatic rings. The molecular formula is H2MnO4Si. The number of rotatable bonds is 1. The second-order valence-corrected chi connectivity index (χ2v) is 1.07. The van der Waals surface area contributed by atoms with Crippen LogP contribution < -0.4 is 0 Å². The van der Waals surface area contributed by atoms with Crippen molar-refractivity contribution in [3.05, 3.63) is 0 Å². The van der Waals surface area contributed by atoms with Gasteiger partial charge in [-0.15, -0.1) is 0 Å². The van der Waals surface area contributed by atoms with Crippen molar-refractivity contribution in [2.24, 2.45) is 0 Å². The van der Waals surface area contributed by atoms with Crippen molar-refractivity contribution in [3.8, 4) is 0 Å². The van der Waals surface area contributed by atoms with Crippen molar-refractivity contribution in [1.29, 1.82) is 0 Å². The van der Waals surface area contributed by atoms with E-state index in [0.717, 1.165) is 0 Å². The van der Waals surface area contributed by atoms with E-state index in [1.165, 1.54) is 0 Å². The van der Waals surface area contributed by atoms with Gasteiger partial charge >= 0.3 is 9.17 Å². The third-order valence-electron chi connectivity index (χ3n) is 0.0781. The van der Waals surface area contributed by atoms with E-state index < -0.39 is 9.17 Å². The molecular weight excluding hydrogens is 147 g/mol. The molecule has 0 saturated heterocycles. The fraction of sp³-hybridized carbons (Fsp3) is 0. The summed E-state index contributed by atoms with van der Waals surface area (Å²) in [6.45, 7) is 0. The van der Waals surface area contributed by atoms with E-state index in [9.17, 15) is 0 Å². The van der Waals surface area contributed by atoms with Gasteiger partial charge in [0, 0.05) is 17.1 Å². The van der Waals surface area contributed by atoms with Gasteiger partial charge in [-0.2, -0.15) is 0 Å². The second-order valence-electron chi connectivity index (χ2n) is 0.357. The van der Waals surface area contributed by atoms with Gasteiger partial charge in [-0.1, -0.05) is 0 Å². The van der Waals surface area contributed by atoms with Gasteiger partial charge in [0.05, 0.1) is 0 Å². The minimum atomic E-state index is -3.07. The Hall–Kier alpha value is 0.0964. The minimum Gasteiger partial charge on any atom is -0.510 e. The van der Waals surface area contributed by atoms with Crippen LogP contribution in [0.1, 0.15) is 0 Å². The largest absolute Gasteiger partial charge is 0.798 e. The number of hydrogen-bond acceptors (Lipinski definition) is 3. The Labute approximate surface area is 46.1 Å². The standard InChI is InChI=1S/Mn.H2O4Si/c;1-4-5(2)3/h;1-2H. The Kier molecular flexibility index (Phi) is 8.02. The Balaban J connectivity index is 0. The Morgan fingerprint density at radius 2 is 1.83 bits per heavy atom. The molecule has 0 aliphatic carbocycles. The molecule has 0 heterocycles. The molecule has 0 unspecified atom stereocenters. The summed E-state index contributed by atoms with van der Waals surface area (Å²) in [6, 6.07) is 0. The quantitative estimate of drug-likeness (QED) is 0.281. The van der Waals surface area contributed by atoms with E-state index in [0.29, 0.717) is 0 Å². The molecule has 0 spiro atoms. The average Bonchev–Trinajstić information content (AvgIpc) is 1.38. The van der Waals surface area contributed by atoms with Crippen LogP contribution >= 0.6 is 0 Å². The molecule has 0 rings (SSSR count). The molecule has 0 amide bonds. The van der Waals surface area contributed by atoms with Crippen LogP contribution in [-0.2, 0) is 26.1 Å². The van der Waals surface area contributed by atoms with E-state index in [1.54, 1.807) is 0 Å². The van der Waals surface area contributed by atoms with Gasteiger partial charge in [-0.25, -0.2) is 5.26 Å². The van der Waals surface area contributed by atoms with Gasteiger partial charge in [0.15, 0.2) is 0 Å². The summed E-state index contributed by atoms with van der Waals surface area (Å²) in [4.78, 5) is 7.44. The molecule has 0 bridgehead atoms. The predicted octanol–water partition coefficient (Wildman–Crippen LogP) is -1.12. The molecule has 0 fully saturated rings. The van der Waals surface area contributed by atoms with E-state index in [-0.39, 0.29) is 17.1 Å². The third-order valence-corrected chi connectivity index (χ3v) is 0.234. The van der Waals surface area contributed by atoms with E-state index in [2.05, 4.69) is 4.58 Å². The van der Waals surface area contributed by atoms with Crippen LogP contribution in [0.4, 0.5) is 0 Å². The van der Waals surface area contributed by atoms with Crippen LogP contribution in [0.3, 0.4) is 0 Å². The average molecular weight is 149 g/mol. The summed E-state index contributed by atoms with van der Waals surface area (Å²) in [6.07, 6.45) is 0. The summed E-state index contributed by atoms with van der Waals surface area (Å²) in [5.41, 5.74) is 0. The molecule has 4 nitrogen and oxygen atoms in total. The maximum atomic E-state index is 9.08. The molecule has 37 valence electrons. The number of hydrogen-bond donors (Lipinski definition) is 2. The van der Waals surface area contributed by atoms with E-state index >= 15 is 0 Å². The van der Waals surface area contributed by atoms with Crippen molar-refractivity contribution < 1.29 is 36.2 Å². The zero-order valence-electron chi connectivity index (χ0n) is 2.59. The van der Waals surface area contributed by atoms with Crippen LogP contribution in [0.25, 0.3) is 0 Å². The van der Waals surface area contributed by atoms with E-state index in [1.807, 2.05) is 0 Å². The van der Waals surface area contributed by atoms with Gasteiger partial charge in [-0.05, 0) is 0 Å². The molecule has 0 aliphatic heterocycles. The molecule has 0 aromatic heterocycles. The first-order chi connectivity index (χ1) is 2.27. The maximum Gasteiger partial charge on any atom is 0.798 e. The Bertz CT molecular complexity index is 42.8. The normalized spacial score (nSPS) is 5.50. The van der Waals surface area contributed by atoms with Crippen molar-refractivity contribution in [3.63, 3.8) is 0 Å². The van der Waals surface area contributed by atoms with Gasteiger partial charge in [0.25, 0.3) is 0 Å². The van der Waals surface area contributed by atoms with E-state index in [4.69, 9.17) is 14.5 Å². The predicted molar refractivity (Wildman–Crippen MR) is 12.4 cm³/mol. The third kappa shape index (κ3) is 8.94. The van der Waals surface area contributed by atoms with Crippen LogP contribution in [0.2, 0.25) is 0 Å². The summed E-state index contributed by atoms with van der Waals surface area (Å²) in [7, 11) is -3.07. The van der Waals surface area contributed by atoms with Crippen LogP contribution in [-0.4, -0.2) is 19.2 Å². The van der Waals surface area contributed by atoms with Crippen LogP contribution in [0.15, 0.2) is 0 Å². The van der Waals surface area contributed by atoms with Crippen molar-refractivity contribution in [2.45, 2.75) is 0 Å². The minimum absolute atomic E-state index is 0. The summed E-state index contributed by atoms with van der Waals surface area (Å²) >= 11 is 0. The van der Waals surface area contributed by atoms with Gasteiger partial charge in [0.2, 0.25) is 0 Å². The zero-order valence-corrected chi connectivity index (χ0v) is 4.77. The molecule has 0 aromatic carbocycles. The molecule has 0 aliphatic rings. The Morgan fingerprint density at radius 3 is 1.83 bits per heavy atom. The fourth-order valence-electron chi connectivity index (χ4n) is 0. The van der Waals surface area contributed by atoms with Crippen molar-refractivity contribution >= 4 is 9.17 Å². The topological polar surface area (TPSA) is 66.8 Å². The molecule has 2 N–H and O–H groups in total. The second kappa shape index (κ2) is 5.10. The first-order valence-electron chi connectivity index (χ1n) is 0.814. The molecule has 6 heavy (non-hydrogen) atoms. The molecule has 1 radical (unpaired) electrons. The summed E-state index contributed by atoms with van der Waals surface area (Å²) in [5, 5.41) is 7.13. The van der Waals surface area contributed by atoms with Gasteiger partial charge in [-0.3, -0.25) is 4.46 Å². The summed E-state index contributed by atoms with van der Waals surface area (Å²) < 4.78 is 11.9. The monoisotopic (exact) mass is 149 g/mol. The molecule has 0 saturated carbocycles. The van der Waals surface area contributed by atoms with Crippen LogP contribution in [0, 0.1) is 0 Å². The molecule has 6 heteroatoms. The maximum absolute atomic E-state index is 9.08. The first-order valence-corrected chi connectivity index (χ1v) is 2.08. The Morgan fingerprint density at radius 1 is 1.67 bits per heavy atom.